The number of nitrogens with zero attached hydrogens (tertiary/aromatic N) is 3. The molecule has 0 atom stereocenters. The van der Waals surface area contributed by atoms with Crippen LogP contribution < -0.4 is 0 Å². The van der Waals surface area contributed by atoms with Gasteiger partial charge in [-0.3, -0.25) is 0 Å². The van der Waals surface area contributed by atoms with E-state index >= 15 is 0 Å². The number of aryl methyl sites for hydroxylation is 1. The molecule has 1 N–H and O–H groups in total. The van der Waals surface area contributed by atoms with Crippen LogP contribution in [-0.2, 0) is 13.1 Å². The van der Waals surface area contributed by atoms with Gasteiger partial charge in [0, 0.05) is 26.0 Å². The zero-order valence-electron chi connectivity index (χ0n) is 6.86. The maximum atomic E-state index is 8.92. The highest BCUT2D eigenvalue weighted by atomic mass is 16.5. The largest absolute Gasteiger partial charge is 0.334 e. The van der Waals surface area contributed by atoms with Crippen molar-refractivity contribution in [3.8, 4) is 0 Å². The molecular formula is C7H13N3O. The van der Waals surface area contributed by atoms with Gasteiger partial charge in [-0.15, -0.1) is 0 Å². The van der Waals surface area contributed by atoms with Gasteiger partial charge in [0.2, 0.25) is 0 Å². The Morgan fingerprint density at radius 1 is 1.73 bits per heavy atom. The van der Waals surface area contributed by atoms with E-state index in [9.17, 15) is 0 Å². The minimum Gasteiger partial charge on any atom is -0.334 e. The normalized spacial score (nSPS) is 10.9. The molecule has 0 amide bonds. The van der Waals surface area contributed by atoms with E-state index in [1.165, 1.54) is 0 Å². The Labute approximate surface area is 66.0 Å². The third-order valence-electron chi connectivity index (χ3n) is 1.51. The first kappa shape index (κ1) is 8.23. The number of hydrogen-bond acceptors (Lipinski definition) is 3. The molecule has 0 aliphatic heterocycles. The Kier molecular flexibility index (Phi) is 2.62. The van der Waals surface area contributed by atoms with Crippen LogP contribution in [0.1, 0.15) is 12.7 Å². The minimum atomic E-state index is 0.473. The lowest BCUT2D eigenvalue weighted by atomic mass is 10.5. The summed E-state index contributed by atoms with van der Waals surface area (Å²) in [5.41, 5.74) is 0. The van der Waals surface area contributed by atoms with Gasteiger partial charge in [-0.25, -0.2) is 4.98 Å². The maximum absolute atomic E-state index is 8.92. The molecule has 1 rings (SSSR count). The summed E-state index contributed by atoms with van der Waals surface area (Å²) in [4.78, 5) is 4.09. The smallest absolute Gasteiger partial charge is 0.125 e. The van der Waals surface area contributed by atoms with E-state index in [1.807, 2.05) is 17.7 Å². The second-order valence-electron chi connectivity index (χ2n) is 2.45. The van der Waals surface area contributed by atoms with Crippen molar-refractivity contribution in [2.24, 2.45) is 0 Å². The first-order valence-corrected chi connectivity index (χ1v) is 3.64. The number of imidazole rings is 1. The van der Waals surface area contributed by atoms with E-state index in [2.05, 4.69) is 4.98 Å². The van der Waals surface area contributed by atoms with Crippen molar-refractivity contribution in [3.05, 3.63) is 18.2 Å². The fourth-order valence-corrected chi connectivity index (χ4v) is 0.984. The predicted molar refractivity (Wildman–Crippen MR) is 41.2 cm³/mol. The topological polar surface area (TPSA) is 41.3 Å². The van der Waals surface area contributed by atoms with Crippen LogP contribution in [0.3, 0.4) is 0 Å². The summed E-state index contributed by atoms with van der Waals surface area (Å²) < 4.78 is 1.99. The fraction of sp³-hybridized carbons (Fsp3) is 0.571. The van der Waals surface area contributed by atoms with E-state index in [-0.39, 0.29) is 0 Å². The summed E-state index contributed by atoms with van der Waals surface area (Å²) in [7, 11) is 1.61. The van der Waals surface area contributed by atoms with Gasteiger partial charge in [-0.05, 0) is 6.92 Å². The number of hydroxylamine groups is 2. The molecule has 0 unspecified atom stereocenters. The molecule has 1 aromatic rings. The summed E-state index contributed by atoms with van der Waals surface area (Å²) in [5, 5.41) is 10.0. The van der Waals surface area contributed by atoms with Crippen molar-refractivity contribution in [2.75, 3.05) is 7.05 Å². The average molecular weight is 155 g/mol. The molecule has 0 radical (unpaired) electrons. The summed E-state index contributed by atoms with van der Waals surface area (Å²) >= 11 is 0. The number of aromatic nitrogens is 2. The Bertz CT molecular complexity index is 219. The molecular weight excluding hydrogens is 142 g/mol. The quantitative estimate of drug-likeness (QED) is 0.654. The van der Waals surface area contributed by atoms with Crippen LogP contribution in [-0.4, -0.2) is 26.9 Å². The van der Waals surface area contributed by atoms with Crippen molar-refractivity contribution >= 4 is 0 Å². The summed E-state index contributed by atoms with van der Waals surface area (Å²) in [5.74, 6) is 0.887. The molecule has 0 aliphatic carbocycles. The van der Waals surface area contributed by atoms with E-state index in [0.29, 0.717) is 6.54 Å². The molecule has 4 nitrogen and oxygen atoms in total. The molecule has 62 valence electrons. The van der Waals surface area contributed by atoms with Crippen molar-refractivity contribution in [1.82, 2.24) is 14.6 Å². The summed E-state index contributed by atoms with van der Waals surface area (Å²) in [6.45, 7) is 3.41. The predicted octanol–water partition coefficient (Wildman–Crippen LogP) is 0.724. The highest BCUT2D eigenvalue weighted by Gasteiger charge is 2.01. The van der Waals surface area contributed by atoms with Crippen LogP contribution in [0.2, 0.25) is 0 Å². The summed E-state index contributed by atoms with van der Waals surface area (Å²) in [6, 6.07) is 0. The monoisotopic (exact) mass is 155 g/mol. The van der Waals surface area contributed by atoms with Gasteiger partial charge in [-0.1, -0.05) is 0 Å². The van der Waals surface area contributed by atoms with E-state index < -0.39 is 0 Å². The SMILES string of the molecule is CCn1ccnc1CN(C)O. The van der Waals surface area contributed by atoms with Crippen molar-refractivity contribution in [3.63, 3.8) is 0 Å². The molecule has 0 saturated carbocycles. The highest BCUT2D eigenvalue weighted by Crippen LogP contribution is 1.98. The Balaban J connectivity index is 2.68. The first-order valence-electron chi connectivity index (χ1n) is 3.64. The third kappa shape index (κ3) is 2.03. The zero-order valence-corrected chi connectivity index (χ0v) is 6.86. The van der Waals surface area contributed by atoms with Crippen molar-refractivity contribution in [1.29, 1.82) is 0 Å². The zero-order chi connectivity index (χ0) is 8.27. The van der Waals surface area contributed by atoms with Gasteiger partial charge in [0.05, 0.1) is 6.54 Å². The highest BCUT2D eigenvalue weighted by molar-refractivity contribution is 4.90. The molecule has 0 aromatic carbocycles. The Hall–Kier alpha value is -0.870. The molecule has 0 bridgehead atoms. The van der Waals surface area contributed by atoms with Crippen LogP contribution >= 0.6 is 0 Å². The van der Waals surface area contributed by atoms with E-state index in [0.717, 1.165) is 17.4 Å². The second-order valence-corrected chi connectivity index (χ2v) is 2.45. The molecule has 11 heavy (non-hydrogen) atoms. The Morgan fingerprint density at radius 2 is 2.45 bits per heavy atom. The first-order chi connectivity index (χ1) is 5.24. The standard InChI is InChI=1S/C7H13N3O/c1-3-10-5-4-8-7(10)6-9(2)11/h4-5,11H,3,6H2,1-2H3. The van der Waals surface area contributed by atoms with Crippen LogP contribution in [0.5, 0.6) is 0 Å². The van der Waals surface area contributed by atoms with Crippen LogP contribution in [0.15, 0.2) is 12.4 Å². The third-order valence-corrected chi connectivity index (χ3v) is 1.51. The van der Waals surface area contributed by atoms with E-state index in [1.54, 1.807) is 13.2 Å². The second kappa shape index (κ2) is 3.50. The lowest BCUT2D eigenvalue weighted by Crippen LogP contribution is -2.15. The van der Waals surface area contributed by atoms with Crippen LogP contribution in [0.4, 0.5) is 0 Å². The molecule has 4 heteroatoms. The van der Waals surface area contributed by atoms with Crippen molar-refractivity contribution < 1.29 is 5.21 Å². The molecule has 0 aliphatic rings. The molecule has 0 saturated heterocycles. The Morgan fingerprint density at radius 3 is 3.00 bits per heavy atom. The maximum Gasteiger partial charge on any atom is 0.125 e. The van der Waals surface area contributed by atoms with Gasteiger partial charge in [0.15, 0.2) is 0 Å². The molecule has 0 spiro atoms. The molecule has 1 aromatic heterocycles. The lowest BCUT2D eigenvalue weighted by molar-refractivity contribution is -0.0756. The lowest BCUT2D eigenvalue weighted by Gasteiger charge is -2.08. The van der Waals surface area contributed by atoms with E-state index in [4.69, 9.17) is 5.21 Å². The van der Waals surface area contributed by atoms with Crippen LogP contribution in [0, 0.1) is 0 Å². The minimum absolute atomic E-state index is 0.473. The van der Waals surface area contributed by atoms with Gasteiger partial charge in [-0.2, -0.15) is 5.06 Å². The molecule has 0 fully saturated rings. The van der Waals surface area contributed by atoms with Gasteiger partial charge >= 0.3 is 0 Å². The van der Waals surface area contributed by atoms with Gasteiger partial charge in [0.25, 0.3) is 0 Å². The van der Waals surface area contributed by atoms with Crippen LogP contribution in [0.25, 0.3) is 0 Å². The molecule has 1 heterocycles. The average Bonchev–Trinajstić information content (AvgIpc) is 2.34. The number of rotatable bonds is 3. The van der Waals surface area contributed by atoms with Crippen molar-refractivity contribution in [2.45, 2.75) is 20.0 Å². The summed E-state index contributed by atoms with van der Waals surface area (Å²) in [6.07, 6.45) is 3.64. The fourth-order valence-electron chi connectivity index (χ4n) is 0.984. The number of hydrogen-bond donors (Lipinski definition) is 1. The van der Waals surface area contributed by atoms with Gasteiger partial charge in [0.1, 0.15) is 5.82 Å². The van der Waals surface area contributed by atoms with Gasteiger partial charge < -0.3 is 9.77 Å².